The number of hydrogen-bond acceptors (Lipinski definition) is 1. The van der Waals surface area contributed by atoms with E-state index in [0.717, 1.165) is 16.7 Å². The van der Waals surface area contributed by atoms with Crippen molar-refractivity contribution in [1.82, 2.24) is 0 Å². The lowest BCUT2D eigenvalue weighted by molar-refractivity contribution is 1.25. The second kappa shape index (κ2) is 5.31. The molecule has 0 atom stereocenters. The fraction of sp³-hybridized carbons (Fsp3) is 0.250. The second-order valence-corrected chi connectivity index (χ2v) is 2.94. The second-order valence-electron chi connectivity index (χ2n) is 2.94. The minimum absolute atomic E-state index is 0.683. The number of aliphatic imine (C=N–C) groups is 1. The van der Waals surface area contributed by atoms with Crippen LogP contribution in [0.2, 0.25) is 0 Å². The maximum absolute atomic E-state index is 3.89. The summed E-state index contributed by atoms with van der Waals surface area (Å²) in [6, 6.07) is 0. The summed E-state index contributed by atoms with van der Waals surface area (Å²) < 4.78 is 0. The summed E-state index contributed by atoms with van der Waals surface area (Å²) in [5, 5.41) is 0. The van der Waals surface area contributed by atoms with Gasteiger partial charge in [0.15, 0.2) is 0 Å². The van der Waals surface area contributed by atoms with Crippen molar-refractivity contribution >= 4 is 6.72 Å². The molecule has 0 aliphatic heterocycles. The van der Waals surface area contributed by atoms with Crippen LogP contribution in [0.4, 0.5) is 0 Å². The molecule has 0 radical (unpaired) electrons. The lowest BCUT2D eigenvalue weighted by atomic mass is 10.0. The third kappa shape index (κ3) is 3.24. The van der Waals surface area contributed by atoms with E-state index >= 15 is 0 Å². The lowest BCUT2D eigenvalue weighted by Crippen LogP contribution is -1.90. The summed E-state index contributed by atoms with van der Waals surface area (Å²) in [5.41, 5.74) is 3.76. The van der Waals surface area contributed by atoms with E-state index in [4.69, 9.17) is 0 Å². The van der Waals surface area contributed by atoms with E-state index < -0.39 is 0 Å². The Balaban J connectivity index is 5.23. The Kier molecular flexibility index (Phi) is 4.75. The highest BCUT2D eigenvalue weighted by Crippen LogP contribution is 2.21. The first-order chi connectivity index (χ1) is 6.04. The Bertz CT molecular complexity index is 290. The van der Waals surface area contributed by atoms with Gasteiger partial charge in [0, 0.05) is 5.57 Å². The van der Waals surface area contributed by atoms with E-state index in [1.807, 2.05) is 32.9 Å². The molecule has 0 saturated heterocycles. The van der Waals surface area contributed by atoms with Gasteiger partial charge in [-0.1, -0.05) is 25.3 Å². The fourth-order valence-corrected chi connectivity index (χ4v) is 1.22. The number of nitrogens with zero attached hydrogens (tertiary/aromatic N) is 1. The number of allylic oxidation sites excluding steroid dienone is 4. The average molecular weight is 175 g/mol. The molecule has 0 aliphatic carbocycles. The highest BCUT2D eigenvalue weighted by molar-refractivity contribution is 5.51. The zero-order valence-corrected chi connectivity index (χ0v) is 8.72. The highest BCUT2D eigenvalue weighted by Gasteiger charge is 2.04. The van der Waals surface area contributed by atoms with E-state index in [2.05, 4.69) is 24.9 Å². The van der Waals surface area contributed by atoms with Crippen molar-refractivity contribution in [3.8, 4) is 0 Å². The van der Waals surface area contributed by atoms with Gasteiger partial charge in [-0.15, -0.1) is 0 Å². The molecule has 0 saturated carbocycles. The van der Waals surface area contributed by atoms with Crippen LogP contribution in [0, 0.1) is 0 Å². The van der Waals surface area contributed by atoms with Crippen molar-refractivity contribution in [2.24, 2.45) is 4.99 Å². The van der Waals surface area contributed by atoms with Gasteiger partial charge in [0.2, 0.25) is 0 Å². The van der Waals surface area contributed by atoms with Crippen LogP contribution in [0.25, 0.3) is 0 Å². The Labute approximate surface area is 80.9 Å². The van der Waals surface area contributed by atoms with Crippen LogP contribution in [-0.2, 0) is 0 Å². The molecule has 0 aliphatic rings. The van der Waals surface area contributed by atoms with Gasteiger partial charge >= 0.3 is 0 Å². The summed E-state index contributed by atoms with van der Waals surface area (Å²) in [4.78, 5) is 3.82. The molecular formula is C12H17N. The molecule has 0 aromatic heterocycles. The molecular weight excluding hydrogens is 158 g/mol. The zero-order chi connectivity index (χ0) is 10.4. The molecule has 0 amide bonds. The predicted molar refractivity (Wildman–Crippen MR) is 61.0 cm³/mol. The molecule has 0 N–H and O–H groups in total. The van der Waals surface area contributed by atoms with Crippen molar-refractivity contribution in [2.75, 3.05) is 0 Å². The normalized spacial score (nSPS) is 12.5. The first-order valence-electron chi connectivity index (χ1n) is 4.20. The van der Waals surface area contributed by atoms with Gasteiger partial charge in [-0.2, -0.15) is 0 Å². The molecule has 0 rings (SSSR count). The van der Waals surface area contributed by atoms with Gasteiger partial charge in [-0.05, 0) is 38.6 Å². The van der Waals surface area contributed by atoms with Gasteiger partial charge in [0.1, 0.15) is 0 Å². The largest absolute Gasteiger partial charge is 0.265 e. The van der Waals surface area contributed by atoms with Crippen LogP contribution in [0.15, 0.2) is 52.7 Å². The zero-order valence-electron chi connectivity index (χ0n) is 8.72. The minimum Gasteiger partial charge on any atom is -0.265 e. The molecule has 0 aromatic carbocycles. The van der Waals surface area contributed by atoms with Crippen LogP contribution in [-0.4, -0.2) is 6.72 Å². The third-order valence-corrected chi connectivity index (χ3v) is 1.72. The van der Waals surface area contributed by atoms with E-state index in [0.29, 0.717) is 5.70 Å². The SMILES string of the molecule is C=NC(=C)/C(C(=C)C)=C(C)/C=C\C. The molecule has 0 aromatic rings. The molecule has 0 bridgehead atoms. The number of rotatable bonds is 4. The standard InChI is InChI=1S/C12H17N/c1-7-8-10(4)12(9(2)3)11(5)13-6/h7-8H,2,5-6H2,1,3-4H3/b8-7-,12-10+. The first-order valence-corrected chi connectivity index (χ1v) is 4.20. The van der Waals surface area contributed by atoms with E-state index in [9.17, 15) is 0 Å². The smallest absolute Gasteiger partial charge is 0.0628 e. The summed E-state index contributed by atoms with van der Waals surface area (Å²) in [5.74, 6) is 0. The monoisotopic (exact) mass is 175 g/mol. The van der Waals surface area contributed by atoms with E-state index in [-0.39, 0.29) is 0 Å². The number of hydrogen-bond donors (Lipinski definition) is 0. The maximum atomic E-state index is 3.89. The fourth-order valence-electron chi connectivity index (χ4n) is 1.22. The summed E-state index contributed by atoms with van der Waals surface area (Å²) in [6.45, 7) is 17.1. The van der Waals surface area contributed by atoms with Crippen LogP contribution >= 0.6 is 0 Å². The maximum Gasteiger partial charge on any atom is 0.0628 e. The van der Waals surface area contributed by atoms with Crippen LogP contribution in [0.1, 0.15) is 20.8 Å². The lowest BCUT2D eigenvalue weighted by Gasteiger charge is -2.08. The molecule has 0 unspecified atom stereocenters. The minimum atomic E-state index is 0.683. The van der Waals surface area contributed by atoms with Crippen molar-refractivity contribution in [3.05, 3.63) is 47.7 Å². The topological polar surface area (TPSA) is 12.4 Å². The quantitative estimate of drug-likeness (QED) is 0.456. The van der Waals surface area contributed by atoms with Crippen LogP contribution < -0.4 is 0 Å². The van der Waals surface area contributed by atoms with Crippen LogP contribution in [0.5, 0.6) is 0 Å². The van der Waals surface area contributed by atoms with Gasteiger partial charge in [-0.3, -0.25) is 4.99 Å². The van der Waals surface area contributed by atoms with Gasteiger partial charge < -0.3 is 0 Å². The van der Waals surface area contributed by atoms with Crippen LogP contribution in [0.3, 0.4) is 0 Å². The first kappa shape index (κ1) is 11.6. The average Bonchev–Trinajstić information content (AvgIpc) is 2.04. The van der Waals surface area contributed by atoms with Crippen molar-refractivity contribution in [2.45, 2.75) is 20.8 Å². The Hall–Kier alpha value is -1.37. The molecule has 0 heterocycles. The molecule has 1 nitrogen and oxygen atoms in total. The molecule has 13 heavy (non-hydrogen) atoms. The van der Waals surface area contributed by atoms with Crippen molar-refractivity contribution < 1.29 is 0 Å². The van der Waals surface area contributed by atoms with Crippen molar-refractivity contribution in [3.63, 3.8) is 0 Å². The molecule has 70 valence electrons. The molecule has 0 spiro atoms. The third-order valence-electron chi connectivity index (χ3n) is 1.72. The summed E-state index contributed by atoms with van der Waals surface area (Å²) in [6.07, 6.45) is 4.00. The predicted octanol–water partition coefficient (Wildman–Crippen LogP) is 3.67. The highest BCUT2D eigenvalue weighted by atomic mass is 14.7. The van der Waals surface area contributed by atoms with Gasteiger partial charge in [0.25, 0.3) is 0 Å². The van der Waals surface area contributed by atoms with Crippen molar-refractivity contribution in [1.29, 1.82) is 0 Å². The Morgan fingerprint density at radius 2 is 1.77 bits per heavy atom. The summed E-state index contributed by atoms with van der Waals surface area (Å²) >= 11 is 0. The van der Waals surface area contributed by atoms with E-state index in [1.54, 1.807) is 0 Å². The van der Waals surface area contributed by atoms with Gasteiger partial charge in [0.05, 0.1) is 5.70 Å². The summed E-state index contributed by atoms with van der Waals surface area (Å²) in [7, 11) is 0. The van der Waals surface area contributed by atoms with E-state index in [1.165, 1.54) is 0 Å². The molecule has 1 heteroatoms. The molecule has 0 fully saturated rings. The Morgan fingerprint density at radius 3 is 2.08 bits per heavy atom. The van der Waals surface area contributed by atoms with Gasteiger partial charge in [-0.25, -0.2) is 0 Å². The Morgan fingerprint density at radius 1 is 1.23 bits per heavy atom.